The summed E-state index contributed by atoms with van der Waals surface area (Å²) in [5.41, 5.74) is 15.1. The van der Waals surface area contributed by atoms with E-state index >= 15 is 0 Å². The second-order valence-electron chi connectivity index (χ2n) is 15.9. The molecule has 1 aliphatic carbocycles. The van der Waals surface area contributed by atoms with E-state index in [9.17, 15) is 0 Å². The summed E-state index contributed by atoms with van der Waals surface area (Å²) in [6.07, 6.45) is 5.47. The molecule has 0 spiro atoms. The van der Waals surface area contributed by atoms with Gasteiger partial charge in [-0.1, -0.05) is 188 Å². The number of benzene rings is 9. The van der Waals surface area contributed by atoms with E-state index in [0.717, 1.165) is 84.8 Å². The number of nitrogens with zero attached hydrogens (tertiary/aromatic N) is 1. The normalized spacial score (nSPS) is 14.3. The minimum Gasteiger partial charge on any atom is -0.460 e. The van der Waals surface area contributed by atoms with Gasteiger partial charge >= 0.3 is 0 Å². The molecule has 0 radical (unpaired) electrons. The fraction of sp³-hybridized carbons (Fsp3) is 0.0345. The summed E-state index contributed by atoms with van der Waals surface area (Å²) in [6, 6.07) is 73.8. The molecule has 1 unspecified atom stereocenters. The quantitative estimate of drug-likeness (QED) is 0.161. The molecule has 0 saturated carbocycles. The van der Waals surface area contributed by atoms with Crippen molar-refractivity contribution < 1.29 is 9.15 Å². The Morgan fingerprint density at radius 1 is 0.443 bits per heavy atom. The van der Waals surface area contributed by atoms with Gasteiger partial charge in [0.1, 0.15) is 22.7 Å². The third kappa shape index (κ3) is 5.73. The van der Waals surface area contributed by atoms with Crippen molar-refractivity contribution in [2.75, 3.05) is 4.90 Å². The molecule has 1 atom stereocenters. The van der Waals surface area contributed by atoms with Crippen molar-refractivity contribution in [3.63, 3.8) is 0 Å². The molecule has 3 nitrogen and oxygen atoms in total. The molecule has 0 N–H and O–H groups in total. The third-order valence-electron chi connectivity index (χ3n) is 12.5. The van der Waals surface area contributed by atoms with Crippen molar-refractivity contribution in [2.45, 2.75) is 12.3 Å². The number of para-hydroxylation sites is 6. The molecule has 288 valence electrons. The van der Waals surface area contributed by atoms with Gasteiger partial charge in [-0.25, -0.2) is 0 Å². The average Bonchev–Trinajstić information content (AvgIpc) is 3.91. The minimum atomic E-state index is 0.162. The lowest BCUT2D eigenvalue weighted by Crippen LogP contribution is -2.15. The summed E-state index contributed by atoms with van der Waals surface area (Å²) in [5.74, 6) is 2.11. The second kappa shape index (κ2) is 14.4. The Labute approximate surface area is 354 Å². The molecule has 9 aromatic carbocycles. The highest BCUT2D eigenvalue weighted by atomic mass is 16.5. The molecule has 3 heteroatoms. The van der Waals surface area contributed by atoms with Crippen LogP contribution in [0.1, 0.15) is 23.5 Å². The zero-order chi connectivity index (χ0) is 40.3. The van der Waals surface area contributed by atoms with Gasteiger partial charge in [-0.2, -0.15) is 0 Å². The number of anilines is 3. The SMILES string of the molecule is C1=CC(c2ccccc2N(c2ccccc2-c2cccc3c2oc2ccccc23)c2ccccc2-c2cccc3cccc(-c4ccccc4)c23)=C2Oc3ccccc3C2C1. The Morgan fingerprint density at radius 3 is 1.82 bits per heavy atom. The first-order valence-corrected chi connectivity index (χ1v) is 21.0. The summed E-state index contributed by atoms with van der Waals surface area (Å²) < 4.78 is 13.5. The van der Waals surface area contributed by atoms with Crippen molar-refractivity contribution in [3.8, 4) is 39.1 Å². The van der Waals surface area contributed by atoms with Crippen molar-refractivity contribution in [1.82, 2.24) is 0 Å². The summed E-state index contributed by atoms with van der Waals surface area (Å²) >= 11 is 0. The van der Waals surface area contributed by atoms with Crippen LogP contribution in [0.2, 0.25) is 0 Å². The summed E-state index contributed by atoms with van der Waals surface area (Å²) in [6.45, 7) is 0. The predicted molar refractivity (Wildman–Crippen MR) is 253 cm³/mol. The molecule has 0 saturated heterocycles. The van der Waals surface area contributed by atoms with Crippen LogP contribution in [0.15, 0.2) is 229 Å². The van der Waals surface area contributed by atoms with Crippen molar-refractivity contribution in [2.24, 2.45) is 0 Å². The topological polar surface area (TPSA) is 25.6 Å². The summed E-state index contributed by atoms with van der Waals surface area (Å²) in [4.78, 5) is 2.47. The Bertz CT molecular complexity index is 3380. The highest BCUT2D eigenvalue weighted by molar-refractivity contribution is 6.12. The van der Waals surface area contributed by atoms with Crippen LogP contribution in [-0.4, -0.2) is 0 Å². The van der Waals surface area contributed by atoms with Gasteiger partial charge in [-0.3, -0.25) is 0 Å². The maximum atomic E-state index is 6.79. The zero-order valence-electron chi connectivity index (χ0n) is 33.3. The molecule has 0 amide bonds. The largest absolute Gasteiger partial charge is 0.460 e. The lowest BCUT2D eigenvalue weighted by Gasteiger charge is -2.32. The second-order valence-corrected chi connectivity index (χ2v) is 15.9. The molecular weight excluding hydrogens is 743 g/mol. The number of hydrogen-bond donors (Lipinski definition) is 0. The lowest BCUT2D eigenvalue weighted by atomic mass is 9.86. The zero-order valence-corrected chi connectivity index (χ0v) is 33.3. The highest BCUT2D eigenvalue weighted by Crippen LogP contribution is 2.53. The molecular formula is C58H39NO2. The van der Waals surface area contributed by atoms with Crippen LogP contribution in [0.5, 0.6) is 5.75 Å². The van der Waals surface area contributed by atoms with Gasteiger partial charge in [0.15, 0.2) is 0 Å². The molecule has 2 aliphatic rings. The van der Waals surface area contributed by atoms with Gasteiger partial charge in [0.25, 0.3) is 0 Å². The van der Waals surface area contributed by atoms with E-state index in [1.54, 1.807) is 0 Å². The number of allylic oxidation sites excluding steroid dienone is 4. The van der Waals surface area contributed by atoms with Crippen LogP contribution in [0.25, 0.3) is 71.7 Å². The fourth-order valence-corrected chi connectivity index (χ4v) is 9.76. The first-order chi connectivity index (χ1) is 30.3. The van der Waals surface area contributed by atoms with E-state index in [1.807, 2.05) is 6.07 Å². The van der Waals surface area contributed by atoms with Gasteiger partial charge in [0, 0.05) is 50.1 Å². The Balaban J connectivity index is 1.15. The predicted octanol–water partition coefficient (Wildman–Crippen LogP) is 16.1. The minimum absolute atomic E-state index is 0.162. The van der Waals surface area contributed by atoms with Crippen molar-refractivity contribution in [1.29, 1.82) is 0 Å². The van der Waals surface area contributed by atoms with Crippen molar-refractivity contribution >= 4 is 55.3 Å². The van der Waals surface area contributed by atoms with E-state index in [1.165, 1.54) is 33.0 Å². The fourth-order valence-electron chi connectivity index (χ4n) is 9.76. The van der Waals surface area contributed by atoms with Gasteiger partial charge in [-0.05, 0) is 64.2 Å². The average molecular weight is 782 g/mol. The van der Waals surface area contributed by atoms with E-state index < -0.39 is 0 Å². The Morgan fingerprint density at radius 2 is 1.02 bits per heavy atom. The van der Waals surface area contributed by atoms with Crippen LogP contribution in [0.4, 0.5) is 17.1 Å². The van der Waals surface area contributed by atoms with E-state index in [4.69, 9.17) is 9.15 Å². The summed E-state index contributed by atoms with van der Waals surface area (Å²) in [7, 11) is 0. The van der Waals surface area contributed by atoms with Gasteiger partial charge in [-0.15, -0.1) is 0 Å². The number of rotatable bonds is 7. The molecule has 0 bridgehead atoms. The van der Waals surface area contributed by atoms with Crippen molar-refractivity contribution in [3.05, 3.63) is 235 Å². The monoisotopic (exact) mass is 781 g/mol. The van der Waals surface area contributed by atoms with E-state index in [0.29, 0.717) is 0 Å². The van der Waals surface area contributed by atoms with Crippen LogP contribution >= 0.6 is 0 Å². The van der Waals surface area contributed by atoms with Crippen LogP contribution in [-0.2, 0) is 0 Å². The smallest absolute Gasteiger partial charge is 0.143 e. The van der Waals surface area contributed by atoms with Gasteiger partial charge < -0.3 is 14.1 Å². The summed E-state index contributed by atoms with van der Waals surface area (Å²) in [5, 5.41) is 4.63. The van der Waals surface area contributed by atoms with Crippen LogP contribution in [0, 0.1) is 0 Å². The number of furan rings is 1. The number of fused-ring (bicyclic) bond motifs is 7. The number of ether oxygens (including phenoxy) is 1. The number of hydrogen-bond acceptors (Lipinski definition) is 3. The maximum Gasteiger partial charge on any atom is 0.143 e. The third-order valence-corrected chi connectivity index (χ3v) is 12.5. The lowest BCUT2D eigenvalue weighted by molar-refractivity contribution is 0.429. The molecule has 1 aromatic heterocycles. The first-order valence-electron chi connectivity index (χ1n) is 21.0. The van der Waals surface area contributed by atoms with E-state index in [-0.39, 0.29) is 5.92 Å². The van der Waals surface area contributed by atoms with Crippen LogP contribution < -0.4 is 9.64 Å². The molecule has 1 aliphatic heterocycles. The molecule has 10 aromatic rings. The molecule has 0 fully saturated rings. The standard InChI is InChI=1S/C58H39NO2/c1-2-18-38(19-3-1)40-27-14-20-39-21-15-28-46(56(39)40)41-22-4-9-33-51(41)59(52-34-10-5-23-42(52)47-29-16-31-49-44-25-7-12-36-54(44)60-57(47)49)53-35-11-6-24-43(53)48-30-17-32-50-45-26-8-13-37-55(45)61-58(48)50/h1-31,33-37,50H,32H2. The molecule has 12 rings (SSSR count). The molecule has 61 heavy (non-hydrogen) atoms. The molecule has 2 heterocycles. The van der Waals surface area contributed by atoms with Crippen LogP contribution in [0.3, 0.4) is 0 Å². The highest BCUT2D eigenvalue weighted by Gasteiger charge is 2.34. The Kier molecular flexibility index (Phi) is 8.31. The van der Waals surface area contributed by atoms with E-state index in [2.05, 4.69) is 217 Å². The van der Waals surface area contributed by atoms with Gasteiger partial charge in [0.05, 0.1) is 17.1 Å². The van der Waals surface area contributed by atoms with Gasteiger partial charge in [0.2, 0.25) is 0 Å². The Hall–Kier alpha value is -7.88. The maximum absolute atomic E-state index is 6.79. The first kappa shape index (κ1) is 35.1.